The standard InChI is InChI=1S/C10H9ClO4/c11-4-7(12)5-13-8-1-2-9-10(3-8)15-6-14-9/h1-3H,4-6H2. The predicted octanol–water partition coefficient (Wildman–Crippen LogP) is 1.60. The smallest absolute Gasteiger partial charge is 0.231 e. The monoisotopic (exact) mass is 228 g/mol. The summed E-state index contributed by atoms with van der Waals surface area (Å²) in [7, 11) is 0. The highest BCUT2D eigenvalue weighted by Gasteiger charge is 2.13. The zero-order valence-electron chi connectivity index (χ0n) is 7.86. The molecule has 1 aliphatic heterocycles. The van der Waals surface area contributed by atoms with Crippen LogP contribution in [0.3, 0.4) is 0 Å². The molecule has 1 aromatic carbocycles. The Labute approximate surface area is 91.7 Å². The number of halogens is 1. The Balaban J connectivity index is 2.01. The molecule has 0 aromatic heterocycles. The van der Waals surface area contributed by atoms with Crippen LogP contribution in [0.1, 0.15) is 0 Å². The quantitative estimate of drug-likeness (QED) is 0.735. The van der Waals surface area contributed by atoms with E-state index in [1.807, 2.05) is 0 Å². The van der Waals surface area contributed by atoms with E-state index in [-0.39, 0.29) is 25.1 Å². The number of carbonyl (C=O) groups excluding carboxylic acids is 1. The number of hydrogen-bond acceptors (Lipinski definition) is 4. The van der Waals surface area contributed by atoms with E-state index in [4.69, 9.17) is 25.8 Å². The van der Waals surface area contributed by atoms with Gasteiger partial charge in [-0.1, -0.05) is 0 Å². The molecule has 1 heterocycles. The van der Waals surface area contributed by atoms with Crippen molar-refractivity contribution in [3.8, 4) is 17.2 Å². The highest BCUT2D eigenvalue weighted by atomic mass is 35.5. The Kier molecular flexibility index (Phi) is 2.97. The number of rotatable bonds is 4. The fourth-order valence-corrected chi connectivity index (χ4v) is 1.25. The van der Waals surface area contributed by atoms with Crippen LogP contribution >= 0.6 is 11.6 Å². The maximum Gasteiger partial charge on any atom is 0.231 e. The van der Waals surface area contributed by atoms with Crippen molar-refractivity contribution < 1.29 is 19.0 Å². The van der Waals surface area contributed by atoms with Crippen LogP contribution in [-0.4, -0.2) is 25.1 Å². The Hall–Kier alpha value is -1.42. The van der Waals surface area contributed by atoms with Gasteiger partial charge in [0, 0.05) is 6.07 Å². The highest BCUT2D eigenvalue weighted by Crippen LogP contribution is 2.34. The van der Waals surface area contributed by atoms with E-state index in [2.05, 4.69) is 0 Å². The second kappa shape index (κ2) is 4.40. The van der Waals surface area contributed by atoms with Crippen molar-refractivity contribution in [3.05, 3.63) is 18.2 Å². The van der Waals surface area contributed by atoms with Crippen LogP contribution in [0, 0.1) is 0 Å². The van der Waals surface area contributed by atoms with E-state index < -0.39 is 0 Å². The topological polar surface area (TPSA) is 44.8 Å². The molecule has 0 amide bonds. The summed E-state index contributed by atoms with van der Waals surface area (Å²) in [5.74, 6) is 1.69. The maximum absolute atomic E-state index is 10.9. The Morgan fingerprint density at radius 3 is 3.00 bits per heavy atom. The van der Waals surface area contributed by atoms with E-state index in [1.165, 1.54) is 0 Å². The van der Waals surface area contributed by atoms with Crippen molar-refractivity contribution in [2.75, 3.05) is 19.3 Å². The average Bonchev–Trinajstić information content (AvgIpc) is 2.72. The van der Waals surface area contributed by atoms with E-state index >= 15 is 0 Å². The first-order valence-electron chi connectivity index (χ1n) is 4.39. The summed E-state index contributed by atoms with van der Waals surface area (Å²) in [5, 5.41) is 0. The Bertz CT molecular complexity index is 378. The van der Waals surface area contributed by atoms with Crippen LogP contribution in [-0.2, 0) is 4.79 Å². The third-order valence-electron chi connectivity index (χ3n) is 1.89. The maximum atomic E-state index is 10.9. The molecule has 2 rings (SSSR count). The van der Waals surface area contributed by atoms with Gasteiger partial charge in [-0.3, -0.25) is 4.79 Å². The minimum absolute atomic E-state index is 0.0247. The lowest BCUT2D eigenvalue weighted by atomic mass is 10.3. The second-order valence-corrected chi connectivity index (χ2v) is 3.24. The molecule has 0 saturated heterocycles. The number of Topliss-reactive ketones (excluding diaryl/α,β-unsaturated/α-hetero) is 1. The number of carbonyl (C=O) groups is 1. The molecule has 0 N–H and O–H groups in total. The molecule has 0 atom stereocenters. The molecule has 0 aliphatic carbocycles. The Morgan fingerprint density at radius 1 is 1.40 bits per heavy atom. The first kappa shape index (κ1) is 10.1. The van der Waals surface area contributed by atoms with Crippen LogP contribution in [0.15, 0.2) is 18.2 Å². The number of ketones is 1. The van der Waals surface area contributed by atoms with Crippen LogP contribution in [0.2, 0.25) is 0 Å². The van der Waals surface area contributed by atoms with E-state index in [0.29, 0.717) is 17.2 Å². The van der Waals surface area contributed by atoms with Gasteiger partial charge in [0.25, 0.3) is 0 Å². The lowest BCUT2D eigenvalue weighted by molar-refractivity contribution is -0.118. The molecule has 0 saturated carbocycles. The minimum atomic E-state index is -0.158. The van der Waals surface area contributed by atoms with Crippen LogP contribution in [0.4, 0.5) is 0 Å². The van der Waals surface area contributed by atoms with Gasteiger partial charge in [0.2, 0.25) is 6.79 Å². The molecule has 0 fully saturated rings. The number of benzene rings is 1. The number of alkyl halides is 1. The fourth-order valence-electron chi connectivity index (χ4n) is 1.17. The summed E-state index contributed by atoms with van der Waals surface area (Å²) in [6.07, 6.45) is 0. The SMILES string of the molecule is O=C(CCl)COc1ccc2c(c1)OCO2. The molecular weight excluding hydrogens is 220 g/mol. The first-order chi connectivity index (χ1) is 7.29. The van der Waals surface area contributed by atoms with Crippen molar-refractivity contribution in [3.63, 3.8) is 0 Å². The zero-order chi connectivity index (χ0) is 10.7. The molecule has 15 heavy (non-hydrogen) atoms. The average molecular weight is 229 g/mol. The molecular formula is C10H9ClO4. The molecule has 0 radical (unpaired) electrons. The van der Waals surface area contributed by atoms with Gasteiger partial charge < -0.3 is 14.2 Å². The summed E-state index contributed by atoms with van der Waals surface area (Å²) < 4.78 is 15.5. The number of ether oxygens (including phenoxy) is 3. The van der Waals surface area contributed by atoms with Crippen molar-refractivity contribution in [2.45, 2.75) is 0 Å². The molecule has 0 spiro atoms. The van der Waals surface area contributed by atoms with Crippen molar-refractivity contribution in [1.82, 2.24) is 0 Å². The molecule has 4 nitrogen and oxygen atoms in total. The normalized spacial score (nSPS) is 12.6. The van der Waals surface area contributed by atoms with Gasteiger partial charge in [-0.15, -0.1) is 11.6 Å². The third-order valence-corrected chi connectivity index (χ3v) is 2.19. The van der Waals surface area contributed by atoms with Gasteiger partial charge in [-0.2, -0.15) is 0 Å². The van der Waals surface area contributed by atoms with E-state index in [0.717, 1.165) is 0 Å². The molecule has 0 unspecified atom stereocenters. The third kappa shape index (κ3) is 2.33. The lowest BCUT2D eigenvalue weighted by Crippen LogP contribution is -2.11. The van der Waals surface area contributed by atoms with Gasteiger partial charge in [0.15, 0.2) is 17.3 Å². The van der Waals surface area contributed by atoms with Crippen LogP contribution in [0.5, 0.6) is 17.2 Å². The molecule has 5 heteroatoms. The number of hydrogen-bond donors (Lipinski definition) is 0. The largest absolute Gasteiger partial charge is 0.486 e. The predicted molar refractivity (Wildman–Crippen MR) is 53.8 cm³/mol. The van der Waals surface area contributed by atoms with Crippen molar-refractivity contribution in [2.24, 2.45) is 0 Å². The van der Waals surface area contributed by atoms with Gasteiger partial charge in [-0.05, 0) is 12.1 Å². The molecule has 1 aliphatic rings. The first-order valence-corrected chi connectivity index (χ1v) is 4.93. The van der Waals surface area contributed by atoms with E-state index in [9.17, 15) is 4.79 Å². The van der Waals surface area contributed by atoms with Gasteiger partial charge >= 0.3 is 0 Å². The second-order valence-electron chi connectivity index (χ2n) is 2.98. The Morgan fingerprint density at radius 2 is 2.20 bits per heavy atom. The minimum Gasteiger partial charge on any atom is -0.486 e. The lowest BCUT2D eigenvalue weighted by Gasteiger charge is -2.04. The van der Waals surface area contributed by atoms with Gasteiger partial charge in [-0.25, -0.2) is 0 Å². The van der Waals surface area contributed by atoms with Crippen LogP contribution < -0.4 is 14.2 Å². The molecule has 1 aromatic rings. The van der Waals surface area contributed by atoms with Crippen LogP contribution in [0.25, 0.3) is 0 Å². The summed E-state index contributed by atoms with van der Waals surface area (Å²) in [6.45, 7) is 0.197. The van der Waals surface area contributed by atoms with Crippen molar-refractivity contribution >= 4 is 17.4 Å². The summed E-state index contributed by atoms with van der Waals surface area (Å²) in [4.78, 5) is 10.9. The summed E-state index contributed by atoms with van der Waals surface area (Å²) in [6, 6.07) is 5.14. The summed E-state index contributed by atoms with van der Waals surface area (Å²) >= 11 is 5.34. The summed E-state index contributed by atoms with van der Waals surface area (Å²) in [5.41, 5.74) is 0. The van der Waals surface area contributed by atoms with E-state index in [1.54, 1.807) is 18.2 Å². The molecule has 0 bridgehead atoms. The number of fused-ring (bicyclic) bond motifs is 1. The zero-order valence-corrected chi connectivity index (χ0v) is 8.62. The van der Waals surface area contributed by atoms with Gasteiger partial charge in [0.05, 0.1) is 5.88 Å². The highest BCUT2D eigenvalue weighted by molar-refractivity contribution is 6.27. The van der Waals surface area contributed by atoms with Gasteiger partial charge in [0.1, 0.15) is 12.4 Å². The molecule has 80 valence electrons. The fraction of sp³-hybridized carbons (Fsp3) is 0.300. The van der Waals surface area contributed by atoms with Crippen molar-refractivity contribution in [1.29, 1.82) is 0 Å².